The van der Waals surface area contributed by atoms with Gasteiger partial charge in [-0.25, -0.2) is 4.79 Å². The van der Waals surface area contributed by atoms with E-state index in [1.54, 1.807) is 0 Å². The molecule has 1 unspecified atom stereocenters. The summed E-state index contributed by atoms with van der Waals surface area (Å²) >= 11 is 0. The van der Waals surface area contributed by atoms with Crippen LogP contribution < -0.4 is 0 Å². The van der Waals surface area contributed by atoms with Gasteiger partial charge < -0.3 is 14.9 Å². The summed E-state index contributed by atoms with van der Waals surface area (Å²) in [6, 6.07) is 0.586. The van der Waals surface area contributed by atoms with Crippen molar-refractivity contribution in [3.05, 3.63) is 0 Å². The minimum absolute atomic E-state index is 0.135. The average molecular weight is 297 g/mol. The van der Waals surface area contributed by atoms with E-state index in [0.717, 1.165) is 38.9 Å². The summed E-state index contributed by atoms with van der Waals surface area (Å²) in [6.45, 7) is 6.08. The third kappa shape index (κ3) is 4.09. The Bertz CT molecular complexity index is 380. The molecule has 2 fully saturated rings. The topological polar surface area (TPSA) is 64.1 Å². The molecular formula is C15H27N3O3. The third-order valence-electron chi connectivity index (χ3n) is 4.87. The molecule has 6 heteroatoms. The maximum absolute atomic E-state index is 12.6. The first kappa shape index (κ1) is 16.1. The van der Waals surface area contributed by atoms with E-state index < -0.39 is 5.97 Å². The van der Waals surface area contributed by atoms with Crippen LogP contribution in [0.2, 0.25) is 0 Å². The highest BCUT2D eigenvalue weighted by Gasteiger charge is 2.31. The van der Waals surface area contributed by atoms with Crippen molar-refractivity contribution in [1.29, 1.82) is 0 Å². The van der Waals surface area contributed by atoms with E-state index in [1.807, 2.05) is 9.80 Å². The molecular weight excluding hydrogens is 270 g/mol. The number of hydrogen-bond donors (Lipinski definition) is 1. The monoisotopic (exact) mass is 297 g/mol. The molecule has 0 saturated carbocycles. The zero-order valence-corrected chi connectivity index (χ0v) is 13.1. The van der Waals surface area contributed by atoms with Gasteiger partial charge in [0.15, 0.2) is 0 Å². The quantitative estimate of drug-likeness (QED) is 0.853. The van der Waals surface area contributed by atoms with Crippen molar-refractivity contribution >= 4 is 12.0 Å². The van der Waals surface area contributed by atoms with Gasteiger partial charge in [-0.3, -0.25) is 9.69 Å². The van der Waals surface area contributed by atoms with Crippen LogP contribution in [0.1, 0.15) is 32.6 Å². The third-order valence-corrected chi connectivity index (χ3v) is 4.87. The molecule has 21 heavy (non-hydrogen) atoms. The first-order valence-corrected chi connectivity index (χ1v) is 7.97. The van der Waals surface area contributed by atoms with Crippen molar-refractivity contribution in [2.24, 2.45) is 5.92 Å². The second-order valence-electron chi connectivity index (χ2n) is 6.30. The van der Waals surface area contributed by atoms with Gasteiger partial charge in [-0.15, -0.1) is 0 Å². The van der Waals surface area contributed by atoms with Gasteiger partial charge in [-0.05, 0) is 32.2 Å². The Labute approximate surface area is 126 Å². The highest BCUT2D eigenvalue weighted by atomic mass is 16.4. The molecule has 0 aromatic heterocycles. The molecule has 2 aliphatic heterocycles. The van der Waals surface area contributed by atoms with Crippen LogP contribution in [-0.2, 0) is 4.79 Å². The van der Waals surface area contributed by atoms with E-state index in [2.05, 4.69) is 18.9 Å². The molecule has 0 bridgehead atoms. The number of carboxylic acids is 1. The molecule has 120 valence electrons. The number of hydrogen-bond acceptors (Lipinski definition) is 3. The molecule has 2 rings (SSSR count). The fourth-order valence-electron chi connectivity index (χ4n) is 3.34. The maximum atomic E-state index is 12.6. The number of nitrogens with zero attached hydrogens (tertiary/aromatic N) is 3. The summed E-state index contributed by atoms with van der Waals surface area (Å²) in [4.78, 5) is 29.5. The number of carboxylic acid groups (broad SMARTS) is 1. The summed E-state index contributed by atoms with van der Waals surface area (Å²) in [6.07, 6.45) is 2.90. The summed E-state index contributed by atoms with van der Waals surface area (Å²) in [7, 11) is 2.12. The largest absolute Gasteiger partial charge is 0.481 e. The molecule has 1 N–H and O–H groups in total. The number of piperazine rings is 1. The van der Waals surface area contributed by atoms with Gasteiger partial charge in [0.2, 0.25) is 0 Å². The number of urea groups is 1. The van der Waals surface area contributed by atoms with Crippen molar-refractivity contribution in [1.82, 2.24) is 14.7 Å². The van der Waals surface area contributed by atoms with Gasteiger partial charge in [-0.2, -0.15) is 0 Å². The van der Waals surface area contributed by atoms with E-state index in [4.69, 9.17) is 5.11 Å². The Kier molecular flexibility index (Phi) is 5.45. The number of likely N-dealkylation sites (tertiary alicyclic amines) is 1. The number of carbonyl (C=O) groups excluding carboxylic acids is 1. The Morgan fingerprint density at radius 3 is 2.33 bits per heavy atom. The lowest BCUT2D eigenvalue weighted by molar-refractivity contribution is -0.138. The van der Waals surface area contributed by atoms with E-state index in [-0.39, 0.29) is 18.4 Å². The molecule has 0 radical (unpaired) electrons. The molecule has 0 aromatic rings. The van der Waals surface area contributed by atoms with E-state index in [1.165, 1.54) is 0 Å². The number of piperidine rings is 1. The smallest absolute Gasteiger partial charge is 0.320 e. The highest BCUT2D eigenvalue weighted by molar-refractivity contribution is 5.75. The molecule has 6 nitrogen and oxygen atoms in total. The van der Waals surface area contributed by atoms with Crippen molar-refractivity contribution in [3.63, 3.8) is 0 Å². The second-order valence-corrected chi connectivity index (χ2v) is 6.30. The zero-order chi connectivity index (χ0) is 15.4. The van der Waals surface area contributed by atoms with Crippen molar-refractivity contribution in [3.8, 4) is 0 Å². The number of aliphatic carboxylic acids is 1. The van der Waals surface area contributed by atoms with Crippen LogP contribution in [0.4, 0.5) is 4.79 Å². The fourth-order valence-corrected chi connectivity index (χ4v) is 3.34. The van der Waals surface area contributed by atoms with E-state index in [0.29, 0.717) is 19.1 Å². The SMILES string of the molecule is CCC1CN(C(=O)N2CCC(CC(=O)O)CC2)CCN1C. The summed E-state index contributed by atoms with van der Waals surface area (Å²) in [5.74, 6) is -0.507. The Hall–Kier alpha value is -1.30. The van der Waals surface area contributed by atoms with Crippen LogP contribution in [0, 0.1) is 5.92 Å². The molecule has 2 heterocycles. The predicted molar refractivity (Wildman–Crippen MR) is 80.2 cm³/mol. The number of carbonyl (C=O) groups is 2. The summed E-state index contributed by atoms with van der Waals surface area (Å²) < 4.78 is 0. The first-order chi connectivity index (χ1) is 10.0. The normalized spacial score (nSPS) is 25.1. The molecule has 2 amide bonds. The summed E-state index contributed by atoms with van der Waals surface area (Å²) in [5, 5.41) is 8.83. The van der Waals surface area contributed by atoms with Gasteiger partial charge >= 0.3 is 12.0 Å². The first-order valence-electron chi connectivity index (χ1n) is 7.97. The van der Waals surface area contributed by atoms with Crippen molar-refractivity contribution < 1.29 is 14.7 Å². The minimum atomic E-state index is -0.732. The number of likely N-dealkylation sites (N-methyl/N-ethyl adjacent to an activating group) is 1. The Balaban J connectivity index is 1.83. The molecule has 0 aliphatic carbocycles. The maximum Gasteiger partial charge on any atom is 0.320 e. The van der Waals surface area contributed by atoms with Crippen LogP contribution in [-0.4, -0.2) is 77.6 Å². The van der Waals surface area contributed by atoms with E-state index in [9.17, 15) is 9.59 Å². The van der Waals surface area contributed by atoms with Gasteiger partial charge in [-0.1, -0.05) is 6.92 Å². The second kappa shape index (κ2) is 7.11. The predicted octanol–water partition coefficient (Wildman–Crippen LogP) is 1.32. The lowest BCUT2D eigenvalue weighted by Gasteiger charge is -2.42. The van der Waals surface area contributed by atoms with Crippen LogP contribution in [0.25, 0.3) is 0 Å². The van der Waals surface area contributed by atoms with Crippen molar-refractivity contribution in [2.45, 2.75) is 38.6 Å². The van der Waals surface area contributed by atoms with Crippen LogP contribution >= 0.6 is 0 Å². The molecule has 2 aliphatic rings. The number of amides is 2. The van der Waals surface area contributed by atoms with Gasteiger partial charge in [0.1, 0.15) is 0 Å². The lowest BCUT2D eigenvalue weighted by atomic mass is 9.94. The van der Waals surface area contributed by atoms with Crippen LogP contribution in [0.15, 0.2) is 0 Å². The molecule has 0 aromatic carbocycles. The minimum Gasteiger partial charge on any atom is -0.481 e. The van der Waals surface area contributed by atoms with Crippen molar-refractivity contribution in [2.75, 3.05) is 39.8 Å². The van der Waals surface area contributed by atoms with Gasteiger partial charge in [0.05, 0.1) is 0 Å². The Morgan fingerprint density at radius 2 is 1.76 bits per heavy atom. The van der Waals surface area contributed by atoms with Gasteiger partial charge in [0, 0.05) is 45.2 Å². The van der Waals surface area contributed by atoms with Gasteiger partial charge in [0.25, 0.3) is 0 Å². The highest BCUT2D eigenvalue weighted by Crippen LogP contribution is 2.22. The lowest BCUT2D eigenvalue weighted by Crippen LogP contribution is -2.56. The molecule has 2 saturated heterocycles. The summed E-state index contributed by atoms with van der Waals surface area (Å²) in [5.41, 5.74) is 0. The molecule has 0 spiro atoms. The average Bonchev–Trinajstić information content (AvgIpc) is 2.47. The standard InChI is InChI=1S/C15H27N3O3/c1-3-13-11-18(9-8-16(13)2)15(21)17-6-4-12(5-7-17)10-14(19)20/h12-13H,3-11H2,1-2H3,(H,19,20). The van der Waals surface area contributed by atoms with Crippen LogP contribution in [0.3, 0.4) is 0 Å². The van der Waals surface area contributed by atoms with Crippen LogP contribution in [0.5, 0.6) is 0 Å². The zero-order valence-electron chi connectivity index (χ0n) is 13.1. The Morgan fingerprint density at radius 1 is 1.10 bits per heavy atom. The van der Waals surface area contributed by atoms with E-state index >= 15 is 0 Å². The molecule has 1 atom stereocenters. The fraction of sp³-hybridized carbons (Fsp3) is 0.867. The number of rotatable bonds is 3.